The van der Waals surface area contributed by atoms with E-state index in [1.54, 1.807) is 12.1 Å². The molecule has 0 saturated carbocycles. The molecule has 0 aliphatic carbocycles. The van der Waals surface area contributed by atoms with Crippen molar-refractivity contribution in [2.24, 2.45) is 0 Å². The van der Waals surface area contributed by atoms with E-state index in [0.717, 1.165) is 5.56 Å². The number of hydrogen-bond donors (Lipinski definition) is 2. The van der Waals surface area contributed by atoms with Crippen LogP contribution < -0.4 is 5.32 Å². The summed E-state index contributed by atoms with van der Waals surface area (Å²) in [7, 11) is 0. The van der Waals surface area contributed by atoms with Crippen molar-refractivity contribution in [3.05, 3.63) is 58.1 Å². The smallest absolute Gasteiger partial charge is 0.341 e. The van der Waals surface area contributed by atoms with E-state index in [2.05, 4.69) is 15.4 Å². The van der Waals surface area contributed by atoms with Crippen molar-refractivity contribution < 1.29 is 14.3 Å². The molecule has 0 unspecified atom stereocenters. The van der Waals surface area contributed by atoms with Crippen LogP contribution in [0.5, 0.6) is 0 Å². The van der Waals surface area contributed by atoms with E-state index in [4.69, 9.17) is 11.6 Å². The maximum absolute atomic E-state index is 13.4. The van der Waals surface area contributed by atoms with Crippen LogP contribution in [0.15, 0.2) is 30.5 Å². The van der Waals surface area contributed by atoms with Gasteiger partial charge in [0.25, 0.3) is 0 Å². The number of aromatic nitrogens is 3. The van der Waals surface area contributed by atoms with E-state index >= 15 is 0 Å². The van der Waals surface area contributed by atoms with Crippen molar-refractivity contribution in [2.45, 2.75) is 13.3 Å². The molecular formula is C16H14ClFN4O2. The van der Waals surface area contributed by atoms with E-state index in [0.29, 0.717) is 24.3 Å². The van der Waals surface area contributed by atoms with Crippen molar-refractivity contribution >= 4 is 29.0 Å². The van der Waals surface area contributed by atoms with Gasteiger partial charge in [0, 0.05) is 18.5 Å². The lowest BCUT2D eigenvalue weighted by Crippen LogP contribution is -2.11. The van der Waals surface area contributed by atoms with E-state index < -0.39 is 5.97 Å². The van der Waals surface area contributed by atoms with Gasteiger partial charge in [-0.1, -0.05) is 23.7 Å². The maximum atomic E-state index is 13.4. The summed E-state index contributed by atoms with van der Waals surface area (Å²) in [6, 6.07) is 6.19. The first-order valence-corrected chi connectivity index (χ1v) is 7.66. The molecule has 2 heterocycles. The summed E-state index contributed by atoms with van der Waals surface area (Å²) in [6.45, 7) is 2.47. The van der Waals surface area contributed by atoms with Crippen LogP contribution in [0.1, 0.15) is 28.4 Å². The first kappa shape index (κ1) is 16.2. The van der Waals surface area contributed by atoms with Gasteiger partial charge in [0.15, 0.2) is 5.65 Å². The molecule has 24 heavy (non-hydrogen) atoms. The number of rotatable bonds is 5. The van der Waals surface area contributed by atoms with Crippen molar-refractivity contribution in [1.82, 2.24) is 14.6 Å². The second-order valence-corrected chi connectivity index (χ2v) is 5.52. The summed E-state index contributed by atoms with van der Waals surface area (Å²) < 4.78 is 14.8. The van der Waals surface area contributed by atoms with Crippen LogP contribution in [0.4, 0.5) is 10.2 Å². The summed E-state index contributed by atoms with van der Waals surface area (Å²) in [6.07, 6.45) is 1.57. The highest BCUT2D eigenvalue weighted by Gasteiger charge is 2.20. The molecule has 0 aliphatic heterocycles. The molecule has 0 saturated heterocycles. The second kappa shape index (κ2) is 6.45. The Labute approximate surface area is 141 Å². The van der Waals surface area contributed by atoms with Gasteiger partial charge in [-0.2, -0.15) is 9.61 Å². The fraction of sp³-hybridized carbons (Fsp3) is 0.188. The van der Waals surface area contributed by atoms with Gasteiger partial charge < -0.3 is 10.4 Å². The molecule has 0 spiro atoms. The summed E-state index contributed by atoms with van der Waals surface area (Å²) >= 11 is 6.29. The zero-order chi connectivity index (χ0) is 17.3. The third-order valence-electron chi connectivity index (χ3n) is 3.54. The Kier molecular flexibility index (Phi) is 4.35. The van der Waals surface area contributed by atoms with E-state index in [-0.39, 0.29) is 22.2 Å². The standard InChI is InChI=1S/C16H14ClFN4O2/c1-2-19-14-11(7-9-4-3-5-10(18)6-9)13(17)21-15-12(16(23)24)8-20-22(14)15/h3-6,8,19H,2,7H2,1H3,(H,23,24). The second-order valence-electron chi connectivity index (χ2n) is 5.17. The Balaban J connectivity index is 2.17. The number of anilines is 1. The Morgan fingerprint density at radius 3 is 2.92 bits per heavy atom. The molecule has 0 atom stereocenters. The molecule has 3 aromatic rings. The van der Waals surface area contributed by atoms with E-state index in [1.807, 2.05) is 6.92 Å². The minimum Gasteiger partial charge on any atom is -0.477 e. The number of hydrogen-bond acceptors (Lipinski definition) is 4. The lowest BCUT2D eigenvalue weighted by Gasteiger charge is -2.14. The van der Waals surface area contributed by atoms with Crippen LogP contribution in [0.2, 0.25) is 5.15 Å². The number of fused-ring (bicyclic) bond motifs is 1. The Hall–Kier alpha value is -2.67. The monoisotopic (exact) mass is 348 g/mol. The van der Waals surface area contributed by atoms with Crippen molar-refractivity contribution in [1.29, 1.82) is 0 Å². The minimum atomic E-state index is -1.13. The number of carbonyl (C=O) groups is 1. The Bertz CT molecular complexity index is 926. The van der Waals surface area contributed by atoms with Gasteiger partial charge in [0.2, 0.25) is 0 Å². The highest BCUT2D eigenvalue weighted by molar-refractivity contribution is 6.30. The molecule has 2 N–H and O–H groups in total. The molecule has 0 aliphatic rings. The number of carboxylic acids is 1. The van der Waals surface area contributed by atoms with Crippen LogP contribution in [0.3, 0.4) is 0 Å². The van der Waals surface area contributed by atoms with Crippen LogP contribution >= 0.6 is 11.6 Å². The molecule has 3 rings (SSSR count). The van der Waals surface area contributed by atoms with Gasteiger partial charge in [-0.15, -0.1) is 0 Å². The molecule has 0 fully saturated rings. The third-order valence-corrected chi connectivity index (χ3v) is 3.85. The average molecular weight is 349 g/mol. The lowest BCUT2D eigenvalue weighted by molar-refractivity contribution is 0.0699. The SMILES string of the molecule is CCNc1c(Cc2cccc(F)c2)c(Cl)nc2c(C(=O)O)cnn12. The number of nitrogens with one attached hydrogen (secondary N) is 1. The summed E-state index contributed by atoms with van der Waals surface area (Å²) in [5.74, 6) is -0.923. The normalized spacial score (nSPS) is 11.0. The van der Waals surface area contributed by atoms with Crippen molar-refractivity contribution in [2.75, 3.05) is 11.9 Å². The summed E-state index contributed by atoms with van der Waals surface area (Å²) in [4.78, 5) is 15.4. The van der Waals surface area contributed by atoms with Gasteiger partial charge in [0.1, 0.15) is 22.4 Å². The topological polar surface area (TPSA) is 79.5 Å². The van der Waals surface area contributed by atoms with Crippen molar-refractivity contribution in [3.8, 4) is 0 Å². The number of aromatic carboxylic acids is 1. The van der Waals surface area contributed by atoms with E-state index in [1.165, 1.54) is 22.8 Å². The Morgan fingerprint density at radius 1 is 1.46 bits per heavy atom. The minimum absolute atomic E-state index is 0.0339. The summed E-state index contributed by atoms with van der Waals surface area (Å²) in [5.41, 5.74) is 1.47. The van der Waals surface area contributed by atoms with Gasteiger partial charge in [0.05, 0.1) is 6.20 Å². The average Bonchev–Trinajstić information content (AvgIpc) is 2.94. The molecule has 1 aromatic carbocycles. The van der Waals surface area contributed by atoms with Crippen LogP contribution in [0.25, 0.3) is 5.65 Å². The maximum Gasteiger partial charge on any atom is 0.341 e. The highest BCUT2D eigenvalue weighted by atomic mass is 35.5. The quantitative estimate of drug-likeness (QED) is 0.692. The lowest BCUT2D eigenvalue weighted by atomic mass is 10.1. The number of halogens is 2. The van der Waals surface area contributed by atoms with Crippen LogP contribution in [0, 0.1) is 5.82 Å². The number of carboxylic acid groups (broad SMARTS) is 1. The largest absolute Gasteiger partial charge is 0.477 e. The fourth-order valence-corrected chi connectivity index (χ4v) is 2.74. The molecule has 0 bridgehead atoms. The highest BCUT2D eigenvalue weighted by Crippen LogP contribution is 2.28. The first-order valence-electron chi connectivity index (χ1n) is 7.29. The molecule has 8 heteroatoms. The Morgan fingerprint density at radius 2 is 2.25 bits per heavy atom. The predicted octanol–water partition coefficient (Wildman–Crippen LogP) is 3.24. The number of nitrogens with zero attached hydrogens (tertiary/aromatic N) is 3. The van der Waals surface area contributed by atoms with Gasteiger partial charge in [-0.25, -0.2) is 14.2 Å². The zero-order valence-electron chi connectivity index (χ0n) is 12.8. The van der Waals surface area contributed by atoms with Crippen molar-refractivity contribution in [3.63, 3.8) is 0 Å². The number of benzene rings is 1. The third kappa shape index (κ3) is 2.90. The molecular weight excluding hydrogens is 335 g/mol. The molecule has 0 amide bonds. The van der Waals surface area contributed by atoms with Gasteiger partial charge in [-0.05, 0) is 24.6 Å². The zero-order valence-corrected chi connectivity index (χ0v) is 13.5. The predicted molar refractivity (Wildman–Crippen MR) is 88.3 cm³/mol. The molecule has 6 nitrogen and oxygen atoms in total. The first-order chi connectivity index (χ1) is 11.5. The molecule has 0 radical (unpaired) electrons. The van der Waals surface area contributed by atoms with Crippen LogP contribution in [-0.2, 0) is 6.42 Å². The van der Waals surface area contributed by atoms with E-state index in [9.17, 15) is 14.3 Å². The van der Waals surface area contributed by atoms with Crippen LogP contribution in [-0.4, -0.2) is 32.2 Å². The van der Waals surface area contributed by atoms with Gasteiger partial charge >= 0.3 is 5.97 Å². The van der Waals surface area contributed by atoms with Gasteiger partial charge in [-0.3, -0.25) is 0 Å². The molecule has 2 aromatic heterocycles. The fourth-order valence-electron chi connectivity index (χ4n) is 2.51. The summed E-state index contributed by atoms with van der Waals surface area (Å²) in [5, 5.41) is 16.6. The molecule has 124 valence electrons.